The average Bonchev–Trinajstić information content (AvgIpc) is 2.38. The van der Waals surface area contributed by atoms with Crippen LogP contribution in [0.25, 0.3) is 0 Å². The summed E-state index contributed by atoms with van der Waals surface area (Å²) >= 11 is 0. The number of rotatable bonds is 7. The largest absolute Gasteiger partial charge is 0.411 e. The highest BCUT2D eigenvalue weighted by atomic mass is 31.2. The van der Waals surface area contributed by atoms with E-state index in [-0.39, 0.29) is 18.9 Å². The second-order valence-electron chi connectivity index (χ2n) is 4.71. The van der Waals surface area contributed by atoms with Crippen molar-refractivity contribution >= 4 is 13.8 Å². The van der Waals surface area contributed by atoms with E-state index in [1.54, 1.807) is 24.3 Å². The van der Waals surface area contributed by atoms with E-state index in [0.717, 1.165) is 0 Å². The normalized spacial score (nSPS) is 16.6. The first-order chi connectivity index (χ1) is 8.97. The molecular weight excluding hydrogens is 265 g/mol. The van der Waals surface area contributed by atoms with Crippen molar-refractivity contribution in [1.29, 1.82) is 0 Å². The average molecular weight is 285 g/mol. The summed E-state index contributed by atoms with van der Waals surface area (Å²) in [7, 11) is -3.81. The Balaban J connectivity index is 2.93. The van der Waals surface area contributed by atoms with Crippen LogP contribution in [0.15, 0.2) is 35.5 Å². The lowest BCUT2D eigenvalue weighted by molar-refractivity contribution is 0.223. The highest BCUT2D eigenvalue weighted by Crippen LogP contribution is 2.58. The van der Waals surface area contributed by atoms with Crippen LogP contribution in [0.5, 0.6) is 0 Å². The van der Waals surface area contributed by atoms with Crippen LogP contribution in [-0.2, 0) is 9.09 Å². The zero-order chi connectivity index (χ0) is 14.3. The van der Waals surface area contributed by atoms with Gasteiger partial charge in [-0.1, -0.05) is 44.2 Å². The van der Waals surface area contributed by atoms with Crippen molar-refractivity contribution in [3.63, 3.8) is 0 Å². The van der Waals surface area contributed by atoms with Crippen LogP contribution in [0.2, 0.25) is 0 Å². The standard InChI is InChI=1S/C13H20NO4P/c1-11(2)10-18-19(16,17)13(8-9-14-15)12-6-4-3-5-7-12/h3-7,9,11,13,15H,8,10H2,1-2H3,(H,16,17). The van der Waals surface area contributed by atoms with Gasteiger partial charge in [-0.25, -0.2) is 0 Å². The molecule has 1 aromatic rings. The maximum atomic E-state index is 12.3. The lowest BCUT2D eigenvalue weighted by Gasteiger charge is -2.22. The molecule has 6 heteroatoms. The van der Waals surface area contributed by atoms with Crippen molar-refractivity contribution in [2.45, 2.75) is 25.9 Å². The van der Waals surface area contributed by atoms with E-state index in [2.05, 4.69) is 5.16 Å². The van der Waals surface area contributed by atoms with Gasteiger partial charge in [0.05, 0.1) is 12.3 Å². The van der Waals surface area contributed by atoms with Gasteiger partial charge in [-0.05, 0) is 11.5 Å². The lowest BCUT2D eigenvalue weighted by atomic mass is 10.1. The highest BCUT2D eigenvalue weighted by molar-refractivity contribution is 7.53. The predicted octanol–water partition coefficient (Wildman–Crippen LogP) is 3.44. The molecule has 5 nitrogen and oxygen atoms in total. The number of hydrogen-bond donors (Lipinski definition) is 2. The first-order valence-corrected chi connectivity index (χ1v) is 7.80. The van der Waals surface area contributed by atoms with Crippen LogP contribution >= 0.6 is 7.60 Å². The van der Waals surface area contributed by atoms with Crippen LogP contribution in [0.1, 0.15) is 31.5 Å². The fourth-order valence-corrected chi connectivity index (χ4v) is 3.23. The summed E-state index contributed by atoms with van der Waals surface area (Å²) in [6, 6.07) is 8.94. The van der Waals surface area contributed by atoms with Gasteiger partial charge in [0, 0.05) is 12.6 Å². The fourth-order valence-electron chi connectivity index (χ4n) is 1.63. The predicted molar refractivity (Wildman–Crippen MR) is 74.7 cm³/mol. The fraction of sp³-hybridized carbons (Fsp3) is 0.462. The van der Waals surface area contributed by atoms with Crippen molar-refractivity contribution in [1.82, 2.24) is 0 Å². The van der Waals surface area contributed by atoms with Crippen molar-refractivity contribution in [2.75, 3.05) is 6.61 Å². The van der Waals surface area contributed by atoms with Gasteiger partial charge >= 0.3 is 7.60 Å². The molecule has 0 aromatic heterocycles. The van der Waals surface area contributed by atoms with E-state index in [1.807, 2.05) is 19.9 Å². The van der Waals surface area contributed by atoms with Gasteiger partial charge in [-0.15, -0.1) is 5.16 Å². The zero-order valence-electron chi connectivity index (χ0n) is 11.1. The molecule has 0 aliphatic heterocycles. The molecule has 19 heavy (non-hydrogen) atoms. The minimum atomic E-state index is -3.81. The SMILES string of the molecule is CC(C)COP(=O)(O)C(CC=NO)c1ccccc1. The summed E-state index contributed by atoms with van der Waals surface area (Å²) in [5.41, 5.74) is -0.0275. The highest BCUT2D eigenvalue weighted by Gasteiger charge is 2.33. The molecule has 0 saturated heterocycles. The van der Waals surface area contributed by atoms with Crippen LogP contribution in [0.3, 0.4) is 0 Å². The molecule has 0 radical (unpaired) electrons. The first-order valence-electron chi connectivity index (χ1n) is 6.15. The van der Waals surface area contributed by atoms with E-state index in [1.165, 1.54) is 6.21 Å². The maximum Gasteiger partial charge on any atom is 0.335 e. The molecule has 0 bridgehead atoms. The van der Waals surface area contributed by atoms with Crippen molar-refractivity contribution in [3.8, 4) is 0 Å². The Kier molecular flexibility index (Phi) is 6.22. The smallest absolute Gasteiger partial charge is 0.335 e. The van der Waals surface area contributed by atoms with Gasteiger partial charge < -0.3 is 14.6 Å². The Morgan fingerprint density at radius 1 is 1.37 bits per heavy atom. The quantitative estimate of drug-likeness (QED) is 0.348. The third kappa shape index (κ3) is 5.15. The topological polar surface area (TPSA) is 79.1 Å². The van der Waals surface area contributed by atoms with Crippen molar-refractivity contribution in [2.24, 2.45) is 11.1 Å². The van der Waals surface area contributed by atoms with E-state index < -0.39 is 13.3 Å². The summed E-state index contributed by atoms with van der Waals surface area (Å²) < 4.78 is 17.5. The van der Waals surface area contributed by atoms with Crippen LogP contribution in [0.4, 0.5) is 0 Å². The summed E-state index contributed by atoms with van der Waals surface area (Å²) in [6.07, 6.45) is 1.35. The molecule has 0 aliphatic rings. The Hall–Kier alpha value is -1.16. The molecule has 106 valence electrons. The van der Waals surface area contributed by atoms with E-state index in [0.29, 0.717) is 5.56 Å². The second kappa shape index (κ2) is 7.43. The molecular formula is C13H20NO4P. The molecule has 0 saturated carbocycles. The summed E-state index contributed by atoms with van der Waals surface area (Å²) in [5.74, 6) is 0.170. The number of hydrogen-bond acceptors (Lipinski definition) is 4. The molecule has 0 fully saturated rings. The minimum Gasteiger partial charge on any atom is -0.411 e. The summed E-state index contributed by atoms with van der Waals surface area (Å²) in [5, 5.41) is 11.4. The second-order valence-corrected chi connectivity index (χ2v) is 6.72. The van der Waals surface area contributed by atoms with Gasteiger partial charge in [0.2, 0.25) is 0 Å². The monoisotopic (exact) mass is 285 g/mol. The van der Waals surface area contributed by atoms with Crippen molar-refractivity contribution in [3.05, 3.63) is 35.9 Å². The molecule has 0 amide bonds. The van der Waals surface area contributed by atoms with E-state index in [9.17, 15) is 9.46 Å². The van der Waals surface area contributed by atoms with Gasteiger partial charge in [-0.3, -0.25) is 4.57 Å². The Morgan fingerprint density at radius 3 is 2.53 bits per heavy atom. The Morgan fingerprint density at radius 2 is 2.00 bits per heavy atom. The summed E-state index contributed by atoms with van der Waals surface area (Å²) in [4.78, 5) is 10.1. The molecule has 2 unspecified atom stereocenters. The molecule has 0 spiro atoms. The molecule has 2 N–H and O–H groups in total. The molecule has 0 heterocycles. The maximum absolute atomic E-state index is 12.3. The first kappa shape index (κ1) is 15.9. The Labute approximate surface area is 113 Å². The number of benzene rings is 1. The minimum absolute atomic E-state index is 0.145. The third-order valence-electron chi connectivity index (χ3n) is 2.58. The molecule has 0 aliphatic carbocycles. The van der Waals surface area contributed by atoms with Crippen molar-refractivity contribution < 1.29 is 19.2 Å². The number of oxime groups is 1. The van der Waals surface area contributed by atoms with E-state index in [4.69, 9.17) is 9.73 Å². The van der Waals surface area contributed by atoms with Gasteiger partial charge in [0.15, 0.2) is 0 Å². The van der Waals surface area contributed by atoms with E-state index >= 15 is 0 Å². The zero-order valence-corrected chi connectivity index (χ0v) is 12.0. The molecule has 1 rings (SSSR count). The van der Waals surface area contributed by atoms with Crippen LogP contribution in [0, 0.1) is 5.92 Å². The van der Waals surface area contributed by atoms with Crippen LogP contribution < -0.4 is 0 Å². The molecule has 1 aromatic carbocycles. The van der Waals surface area contributed by atoms with Gasteiger partial charge in [0.25, 0.3) is 0 Å². The number of nitrogens with zero attached hydrogens (tertiary/aromatic N) is 1. The molecule has 2 atom stereocenters. The summed E-state index contributed by atoms with van der Waals surface area (Å²) in [6.45, 7) is 4.03. The third-order valence-corrected chi connectivity index (χ3v) is 4.40. The van der Waals surface area contributed by atoms with Gasteiger partial charge in [-0.2, -0.15) is 0 Å². The lowest BCUT2D eigenvalue weighted by Crippen LogP contribution is -2.07. The Bertz CT molecular complexity index is 447. The van der Waals surface area contributed by atoms with Crippen LogP contribution in [-0.4, -0.2) is 22.9 Å². The van der Waals surface area contributed by atoms with Gasteiger partial charge in [0.1, 0.15) is 0 Å².